The topological polar surface area (TPSA) is 70.7 Å². The highest BCUT2D eigenvalue weighted by atomic mass is 35.5. The number of hydrogen-bond donors (Lipinski definition) is 2. The summed E-state index contributed by atoms with van der Waals surface area (Å²) in [4.78, 5) is 27.9. The van der Waals surface area contributed by atoms with Crippen molar-refractivity contribution in [2.45, 2.75) is 82.1 Å². The summed E-state index contributed by atoms with van der Waals surface area (Å²) in [5, 5.41) is 7.15. The Morgan fingerprint density at radius 1 is 0.914 bits per heavy atom. The second kappa shape index (κ2) is 9.55. The van der Waals surface area contributed by atoms with Crippen LogP contribution in [0.3, 0.4) is 0 Å². The lowest BCUT2D eigenvalue weighted by molar-refractivity contribution is -0.135. The number of piperidine rings is 1. The van der Waals surface area contributed by atoms with Crippen molar-refractivity contribution >= 4 is 40.7 Å². The van der Waals surface area contributed by atoms with Crippen molar-refractivity contribution in [3.05, 3.63) is 58.1 Å². The zero-order valence-corrected chi connectivity index (χ0v) is 21.5. The molecule has 3 atom stereocenters. The highest BCUT2D eigenvalue weighted by Crippen LogP contribution is 2.40. The molecule has 0 unspecified atom stereocenters. The van der Waals surface area contributed by atoms with Gasteiger partial charge in [0, 0.05) is 40.4 Å². The summed E-state index contributed by atoms with van der Waals surface area (Å²) < 4.78 is 5.96. The van der Waals surface area contributed by atoms with Crippen LogP contribution in [0.4, 0.5) is 5.69 Å². The summed E-state index contributed by atoms with van der Waals surface area (Å²) >= 11 is 12.2. The van der Waals surface area contributed by atoms with Gasteiger partial charge in [0.15, 0.2) is 5.60 Å². The van der Waals surface area contributed by atoms with Crippen LogP contribution < -0.4 is 20.3 Å². The van der Waals surface area contributed by atoms with Gasteiger partial charge in [0.1, 0.15) is 5.75 Å². The highest BCUT2D eigenvalue weighted by molar-refractivity contribution is 6.35. The van der Waals surface area contributed by atoms with Crippen LogP contribution in [0.1, 0.15) is 62.7 Å². The molecule has 2 aromatic rings. The molecule has 2 heterocycles. The molecule has 3 aliphatic rings. The van der Waals surface area contributed by atoms with Crippen molar-refractivity contribution in [3.8, 4) is 5.75 Å². The van der Waals surface area contributed by atoms with Crippen LogP contribution in [0.5, 0.6) is 5.75 Å². The standard InChI is InChI=1S/C27H31Cl2N3O3/c1-27(2,35-24-12-5-17(28)13-23(24)29)26(34)31-19-14-21-10-11-22(15-19)32(21)20-8-3-16(4-9-20)25(33)30-18-6-7-18/h3-5,8-9,12-13,18-19,21-22H,6-7,10-11,14-15H2,1-2H3,(H,30,33)(H,31,34)/t19-,21+,22-. The number of fused-ring (bicyclic) bond motifs is 2. The summed E-state index contributed by atoms with van der Waals surface area (Å²) in [6, 6.07) is 14.1. The number of nitrogens with one attached hydrogen (secondary N) is 2. The average molecular weight is 516 g/mol. The van der Waals surface area contributed by atoms with Gasteiger partial charge in [-0.3, -0.25) is 9.59 Å². The number of carbonyl (C=O) groups excluding carboxylic acids is 2. The van der Waals surface area contributed by atoms with Gasteiger partial charge >= 0.3 is 0 Å². The monoisotopic (exact) mass is 515 g/mol. The van der Waals surface area contributed by atoms with Crippen LogP contribution in [0.2, 0.25) is 10.0 Å². The van der Waals surface area contributed by atoms with Crippen LogP contribution in [0.15, 0.2) is 42.5 Å². The minimum Gasteiger partial charge on any atom is -0.476 e. The summed E-state index contributed by atoms with van der Waals surface area (Å²) in [5.74, 6) is 0.279. The normalized spacial score (nSPS) is 23.7. The number of halogens is 2. The summed E-state index contributed by atoms with van der Waals surface area (Å²) in [5.41, 5.74) is 0.773. The Hall–Kier alpha value is -2.44. The largest absolute Gasteiger partial charge is 0.476 e. The minimum atomic E-state index is -1.08. The van der Waals surface area contributed by atoms with Crippen LogP contribution in [-0.2, 0) is 4.79 Å². The second-order valence-corrected chi connectivity index (χ2v) is 11.3. The Labute approximate surface area is 216 Å². The van der Waals surface area contributed by atoms with Gasteiger partial charge in [0.05, 0.1) is 5.02 Å². The second-order valence-electron chi connectivity index (χ2n) is 10.4. The molecule has 2 N–H and O–H groups in total. The van der Waals surface area contributed by atoms with Gasteiger partial charge in [0.2, 0.25) is 0 Å². The molecule has 2 amide bonds. The molecule has 0 aromatic heterocycles. The molecule has 1 aliphatic carbocycles. The Morgan fingerprint density at radius 2 is 1.57 bits per heavy atom. The molecule has 35 heavy (non-hydrogen) atoms. The molecule has 8 heteroatoms. The Bertz CT molecular complexity index is 1100. The van der Waals surface area contributed by atoms with Gasteiger partial charge < -0.3 is 20.3 Å². The van der Waals surface area contributed by atoms with E-state index in [2.05, 4.69) is 27.7 Å². The summed E-state index contributed by atoms with van der Waals surface area (Å²) in [6.45, 7) is 3.50. The number of carbonyl (C=O) groups is 2. The number of benzene rings is 2. The van der Waals surface area contributed by atoms with Gasteiger partial charge in [-0.05, 0) is 94.8 Å². The first kappa shape index (κ1) is 24.3. The van der Waals surface area contributed by atoms with E-state index in [1.54, 1.807) is 32.0 Å². The van der Waals surface area contributed by atoms with Gasteiger partial charge in [-0.1, -0.05) is 23.2 Å². The first-order valence-electron chi connectivity index (χ1n) is 12.3. The van der Waals surface area contributed by atoms with E-state index >= 15 is 0 Å². The fraction of sp³-hybridized carbons (Fsp3) is 0.481. The summed E-state index contributed by atoms with van der Waals surface area (Å²) in [7, 11) is 0. The molecular weight excluding hydrogens is 485 g/mol. The smallest absolute Gasteiger partial charge is 0.263 e. The van der Waals surface area contributed by atoms with Gasteiger partial charge in [-0.15, -0.1) is 0 Å². The third-order valence-corrected chi connectivity index (χ3v) is 7.74. The summed E-state index contributed by atoms with van der Waals surface area (Å²) in [6.07, 6.45) is 6.12. The maximum absolute atomic E-state index is 13.1. The number of hydrogen-bond acceptors (Lipinski definition) is 4. The van der Waals surface area contributed by atoms with E-state index in [0.29, 0.717) is 39.5 Å². The number of ether oxygens (including phenoxy) is 1. The molecule has 2 bridgehead atoms. The molecular formula is C27H31Cl2N3O3. The molecule has 5 rings (SSSR count). The van der Waals surface area contributed by atoms with Crippen molar-refractivity contribution < 1.29 is 14.3 Å². The fourth-order valence-electron chi connectivity index (χ4n) is 5.24. The zero-order valence-electron chi connectivity index (χ0n) is 20.0. The van der Waals surface area contributed by atoms with E-state index < -0.39 is 5.60 Å². The first-order chi connectivity index (χ1) is 16.7. The fourth-order valence-corrected chi connectivity index (χ4v) is 5.68. The van der Waals surface area contributed by atoms with Gasteiger partial charge in [-0.2, -0.15) is 0 Å². The maximum atomic E-state index is 13.1. The van der Waals surface area contributed by atoms with E-state index in [4.69, 9.17) is 27.9 Å². The van der Waals surface area contributed by atoms with Crippen molar-refractivity contribution in [2.24, 2.45) is 0 Å². The van der Waals surface area contributed by atoms with E-state index in [1.807, 2.05) is 12.1 Å². The third kappa shape index (κ3) is 5.39. The predicted molar refractivity (Wildman–Crippen MR) is 139 cm³/mol. The van der Waals surface area contributed by atoms with Gasteiger partial charge in [0.25, 0.3) is 11.8 Å². The lowest BCUT2D eigenvalue weighted by Gasteiger charge is -2.41. The molecule has 2 saturated heterocycles. The van der Waals surface area contributed by atoms with Gasteiger partial charge in [-0.25, -0.2) is 0 Å². The lowest BCUT2D eigenvalue weighted by Crippen LogP contribution is -2.55. The number of rotatable bonds is 7. The third-order valence-electron chi connectivity index (χ3n) is 7.21. The van der Waals surface area contributed by atoms with Crippen LogP contribution >= 0.6 is 23.2 Å². The molecule has 0 radical (unpaired) electrons. The Morgan fingerprint density at radius 3 is 2.17 bits per heavy atom. The van der Waals surface area contributed by atoms with Crippen molar-refractivity contribution in [2.75, 3.05) is 4.90 Å². The molecule has 1 saturated carbocycles. The number of anilines is 1. The predicted octanol–water partition coefficient (Wildman–Crippen LogP) is 5.36. The molecule has 0 spiro atoms. The van der Waals surface area contributed by atoms with Crippen molar-refractivity contribution in [3.63, 3.8) is 0 Å². The zero-order chi connectivity index (χ0) is 24.7. The Kier molecular flexibility index (Phi) is 6.62. The van der Waals surface area contributed by atoms with Crippen LogP contribution in [-0.4, -0.2) is 41.6 Å². The molecule has 2 aliphatic heterocycles. The molecule has 2 aromatic carbocycles. The Balaban J connectivity index is 1.20. The number of nitrogens with zero attached hydrogens (tertiary/aromatic N) is 1. The lowest BCUT2D eigenvalue weighted by atomic mass is 9.95. The quantitative estimate of drug-likeness (QED) is 0.520. The number of amides is 2. The van der Waals surface area contributed by atoms with Crippen molar-refractivity contribution in [1.82, 2.24) is 10.6 Å². The van der Waals surface area contributed by atoms with E-state index in [-0.39, 0.29) is 17.9 Å². The highest BCUT2D eigenvalue weighted by Gasteiger charge is 2.42. The van der Waals surface area contributed by atoms with Crippen LogP contribution in [0, 0.1) is 0 Å². The van der Waals surface area contributed by atoms with E-state index in [9.17, 15) is 9.59 Å². The van der Waals surface area contributed by atoms with E-state index in [0.717, 1.165) is 44.2 Å². The van der Waals surface area contributed by atoms with Crippen molar-refractivity contribution in [1.29, 1.82) is 0 Å². The molecule has 186 valence electrons. The SMILES string of the molecule is CC(C)(Oc1ccc(Cl)cc1Cl)C(=O)N[C@H]1C[C@H]2CC[C@@H](C1)N2c1ccc(C(=O)NC2CC2)cc1. The van der Waals surface area contributed by atoms with Crippen LogP contribution in [0.25, 0.3) is 0 Å². The van der Waals surface area contributed by atoms with E-state index in [1.165, 1.54) is 0 Å². The average Bonchev–Trinajstić information content (AvgIpc) is 3.58. The maximum Gasteiger partial charge on any atom is 0.263 e. The molecule has 3 fully saturated rings. The first-order valence-corrected chi connectivity index (χ1v) is 13.1. The molecule has 6 nitrogen and oxygen atoms in total. The minimum absolute atomic E-state index is 0.00756.